The minimum Gasteiger partial charge on any atom is -0.493 e. The van der Waals surface area contributed by atoms with E-state index in [1.165, 1.54) is 12.7 Å². The molecule has 7 nitrogen and oxygen atoms in total. The number of hydrogen-bond donors (Lipinski definition) is 2. The summed E-state index contributed by atoms with van der Waals surface area (Å²) in [6.07, 6.45) is 0. The maximum absolute atomic E-state index is 12.8. The summed E-state index contributed by atoms with van der Waals surface area (Å²) in [5.74, 6) is 0.497. The molecule has 1 unspecified atom stereocenters. The highest BCUT2D eigenvalue weighted by atomic mass is 16.5. The summed E-state index contributed by atoms with van der Waals surface area (Å²) >= 11 is 0. The average Bonchev–Trinajstić information content (AvgIpc) is 2.87. The van der Waals surface area contributed by atoms with Crippen LogP contribution in [-0.2, 0) is 16.1 Å². The molecule has 3 aromatic carbocycles. The zero-order chi connectivity index (χ0) is 24.1. The molecule has 4 rings (SSSR count). The quantitative estimate of drug-likeness (QED) is 0.509. The lowest BCUT2D eigenvalue weighted by Gasteiger charge is -2.29. The highest BCUT2D eigenvalue weighted by Gasteiger charge is 2.34. The third-order valence-corrected chi connectivity index (χ3v) is 5.58. The molecule has 34 heavy (non-hydrogen) atoms. The summed E-state index contributed by atoms with van der Waals surface area (Å²) in [6, 6.07) is 21.4. The van der Waals surface area contributed by atoms with E-state index in [1.54, 1.807) is 25.3 Å². The third-order valence-electron chi connectivity index (χ3n) is 5.58. The Morgan fingerprint density at radius 1 is 0.941 bits per heavy atom. The summed E-state index contributed by atoms with van der Waals surface area (Å²) in [5.41, 5.74) is 4.27. The number of nitrogens with one attached hydrogen (secondary N) is 2. The summed E-state index contributed by atoms with van der Waals surface area (Å²) < 4.78 is 16.6. The lowest BCUT2D eigenvalue weighted by molar-refractivity contribution is -0.136. The van der Waals surface area contributed by atoms with Crippen molar-refractivity contribution in [2.45, 2.75) is 19.6 Å². The number of amides is 2. The van der Waals surface area contributed by atoms with Crippen molar-refractivity contribution in [3.8, 4) is 11.5 Å². The number of ether oxygens (including phenoxy) is 3. The van der Waals surface area contributed by atoms with E-state index in [4.69, 9.17) is 14.2 Å². The Kier molecular flexibility index (Phi) is 6.82. The minimum absolute atomic E-state index is 0.295. The van der Waals surface area contributed by atoms with Gasteiger partial charge in [0, 0.05) is 0 Å². The van der Waals surface area contributed by atoms with Crippen LogP contribution in [0.5, 0.6) is 11.5 Å². The van der Waals surface area contributed by atoms with Gasteiger partial charge in [-0.1, -0.05) is 66.2 Å². The second-order valence-electron chi connectivity index (χ2n) is 7.86. The van der Waals surface area contributed by atoms with Crippen molar-refractivity contribution in [1.82, 2.24) is 10.6 Å². The zero-order valence-electron chi connectivity index (χ0n) is 19.3. The maximum atomic E-state index is 12.8. The molecular formula is C27H26N2O5. The lowest BCUT2D eigenvalue weighted by atomic mass is 9.92. The second-order valence-corrected chi connectivity index (χ2v) is 7.86. The van der Waals surface area contributed by atoms with Gasteiger partial charge in [-0.25, -0.2) is 9.59 Å². The third kappa shape index (κ3) is 4.88. The first kappa shape index (κ1) is 22.9. The first-order valence-corrected chi connectivity index (χ1v) is 10.8. The number of carbonyl (C=O) groups excluding carboxylic acids is 2. The van der Waals surface area contributed by atoms with Gasteiger partial charge in [0.2, 0.25) is 0 Å². The molecule has 0 saturated heterocycles. The molecule has 1 atom stereocenters. The van der Waals surface area contributed by atoms with Crippen LogP contribution in [0.2, 0.25) is 0 Å². The fourth-order valence-corrected chi connectivity index (χ4v) is 3.81. The molecule has 2 N–H and O–H groups in total. The van der Waals surface area contributed by atoms with Crippen molar-refractivity contribution >= 4 is 17.7 Å². The van der Waals surface area contributed by atoms with E-state index in [0.29, 0.717) is 40.5 Å². The van der Waals surface area contributed by atoms with Crippen molar-refractivity contribution < 1.29 is 23.8 Å². The smallest absolute Gasteiger partial charge is 0.338 e. The van der Waals surface area contributed by atoms with E-state index >= 15 is 0 Å². The summed E-state index contributed by atoms with van der Waals surface area (Å²) in [5, 5.41) is 5.58. The molecule has 1 heterocycles. The van der Waals surface area contributed by atoms with Gasteiger partial charge in [0.1, 0.15) is 6.61 Å². The van der Waals surface area contributed by atoms with E-state index in [-0.39, 0.29) is 0 Å². The molecular weight excluding hydrogens is 432 g/mol. The number of benzene rings is 3. The monoisotopic (exact) mass is 458 g/mol. The van der Waals surface area contributed by atoms with Gasteiger partial charge in [0.05, 0.1) is 31.5 Å². The lowest BCUT2D eigenvalue weighted by Crippen LogP contribution is -2.45. The number of carbonyl (C=O) groups is 2. The summed E-state index contributed by atoms with van der Waals surface area (Å²) in [7, 11) is 2.86. The molecule has 0 bridgehead atoms. The highest BCUT2D eigenvalue weighted by Crippen LogP contribution is 2.36. The maximum Gasteiger partial charge on any atom is 0.338 e. The minimum atomic E-state index is -0.739. The van der Waals surface area contributed by atoms with Crippen LogP contribution in [0, 0.1) is 6.92 Å². The van der Waals surface area contributed by atoms with Gasteiger partial charge in [-0.2, -0.15) is 0 Å². The van der Waals surface area contributed by atoms with Crippen molar-refractivity contribution in [3.05, 3.63) is 101 Å². The van der Waals surface area contributed by atoms with Crippen LogP contribution < -0.4 is 20.1 Å². The Balaban J connectivity index is 1.69. The molecule has 1 aliphatic heterocycles. The predicted octanol–water partition coefficient (Wildman–Crippen LogP) is 4.52. The fourth-order valence-electron chi connectivity index (χ4n) is 3.81. The molecule has 0 aliphatic carbocycles. The molecule has 7 heteroatoms. The number of hydrogen-bond acceptors (Lipinski definition) is 5. The largest absolute Gasteiger partial charge is 0.493 e. The molecule has 0 radical (unpaired) electrons. The molecule has 0 aromatic heterocycles. The van der Waals surface area contributed by atoms with E-state index in [2.05, 4.69) is 10.6 Å². The molecule has 0 saturated carbocycles. The van der Waals surface area contributed by atoms with Gasteiger partial charge >= 0.3 is 12.0 Å². The van der Waals surface area contributed by atoms with E-state index in [9.17, 15) is 9.59 Å². The molecule has 2 amide bonds. The topological polar surface area (TPSA) is 85.9 Å². The Bertz CT molecular complexity index is 1220. The summed E-state index contributed by atoms with van der Waals surface area (Å²) in [6.45, 7) is 2.41. The van der Waals surface area contributed by atoms with Crippen LogP contribution in [0.15, 0.2) is 78.4 Å². The normalized spacial score (nSPS) is 15.3. The van der Waals surface area contributed by atoms with Gasteiger partial charge in [-0.05, 0) is 35.7 Å². The van der Waals surface area contributed by atoms with Gasteiger partial charge in [-0.15, -0.1) is 0 Å². The number of urea groups is 1. The van der Waals surface area contributed by atoms with Crippen LogP contribution in [0.25, 0.3) is 5.70 Å². The van der Waals surface area contributed by atoms with Gasteiger partial charge in [0.25, 0.3) is 0 Å². The van der Waals surface area contributed by atoms with E-state index < -0.39 is 18.0 Å². The van der Waals surface area contributed by atoms with Crippen LogP contribution in [0.4, 0.5) is 4.79 Å². The Morgan fingerprint density at radius 2 is 1.68 bits per heavy atom. The van der Waals surface area contributed by atoms with Crippen molar-refractivity contribution in [2.75, 3.05) is 14.2 Å². The Morgan fingerprint density at radius 3 is 2.35 bits per heavy atom. The van der Waals surface area contributed by atoms with E-state index in [1.807, 2.05) is 61.5 Å². The molecule has 0 fully saturated rings. The van der Waals surface area contributed by atoms with Crippen molar-refractivity contribution in [2.24, 2.45) is 0 Å². The van der Waals surface area contributed by atoms with Crippen LogP contribution in [-0.4, -0.2) is 26.2 Å². The average molecular weight is 459 g/mol. The standard InChI is InChI=1S/C27H26N2O5/c1-17-9-11-18(12-10-17)16-34-21-14-13-20(15-22(21)32-2)25-23(26(30)33-3)24(28-27(31)29-25)19-7-5-4-6-8-19/h4-15,25H,16H2,1-3H3,(H2,28,29,31). The highest BCUT2D eigenvalue weighted by molar-refractivity contribution is 6.04. The van der Waals surface area contributed by atoms with Gasteiger partial charge in [0.15, 0.2) is 11.5 Å². The van der Waals surface area contributed by atoms with Gasteiger partial charge in [-0.3, -0.25) is 0 Å². The Labute approximate surface area is 198 Å². The summed E-state index contributed by atoms with van der Waals surface area (Å²) in [4.78, 5) is 25.3. The second kappa shape index (κ2) is 10.1. The van der Waals surface area contributed by atoms with E-state index in [0.717, 1.165) is 5.56 Å². The first-order chi connectivity index (χ1) is 16.5. The van der Waals surface area contributed by atoms with Crippen molar-refractivity contribution in [1.29, 1.82) is 0 Å². The number of methoxy groups -OCH3 is 2. The number of esters is 1. The van der Waals surface area contributed by atoms with Crippen LogP contribution in [0.1, 0.15) is 28.3 Å². The van der Waals surface area contributed by atoms with Crippen molar-refractivity contribution in [3.63, 3.8) is 0 Å². The first-order valence-electron chi connectivity index (χ1n) is 10.8. The number of rotatable bonds is 7. The molecule has 1 aliphatic rings. The Hall–Kier alpha value is -4.26. The molecule has 0 spiro atoms. The molecule has 174 valence electrons. The fraction of sp³-hybridized carbons (Fsp3) is 0.185. The van der Waals surface area contributed by atoms with Crippen LogP contribution in [0.3, 0.4) is 0 Å². The SMILES string of the molecule is COC(=O)C1=C(c2ccccc2)NC(=O)NC1c1ccc(OCc2ccc(C)cc2)c(OC)c1. The molecule has 3 aromatic rings. The van der Waals surface area contributed by atoms with Crippen LogP contribution >= 0.6 is 0 Å². The zero-order valence-corrected chi connectivity index (χ0v) is 19.3. The number of aryl methyl sites for hydroxylation is 1. The van der Waals surface area contributed by atoms with Gasteiger partial charge < -0.3 is 24.8 Å². The predicted molar refractivity (Wildman–Crippen MR) is 128 cm³/mol.